The van der Waals surface area contributed by atoms with Gasteiger partial charge in [-0.2, -0.15) is 0 Å². The monoisotopic (exact) mass is 395 g/mol. The van der Waals surface area contributed by atoms with Crippen molar-refractivity contribution in [2.24, 2.45) is 0 Å². The van der Waals surface area contributed by atoms with Gasteiger partial charge >= 0.3 is 5.97 Å². The maximum atomic E-state index is 12.0. The zero-order chi connectivity index (χ0) is 20.6. The molecule has 7 heteroatoms. The van der Waals surface area contributed by atoms with Crippen molar-refractivity contribution < 1.29 is 28.3 Å². The van der Waals surface area contributed by atoms with E-state index in [1.54, 1.807) is 24.3 Å². The van der Waals surface area contributed by atoms with Crippen LogP contribution in [-0.2, 0) is 16.1 Å². The fourth-order valence-electron chi connectivity index (χ4n) is 2.67. The molecule has 0 N–H and O–H groups in total. The molecule has 150 valence electrons. The number of hydrogen-bond acceptors (Lipinski definition) is 7. The maximum absolute atomic E-state index is 12.0. The summed E-state index contributed by atoms with van der Waals surface area (Å²) in [5.74, 6) is 1.58. The van der Waals surface area contributed by atoms with Crippen LogP contribution in [0.4, 0.5) is 0 Å². The van der Waals surface area contributed by atoms with Crippen LogP contribution >= 0.6 is 0 Å². The average Bonchev–Trinajstić information content (AvgIpc) is 3.25. The van der Waals surface area contributed by atoms with Gasteiger partial charge in [0.15, 0.2) is 17.3 Å². The standard InChI is InChI=1S/C22H21NO6/c1-25-19-11-15(12-20(26-2)22(19)27-3)9-10-21(24)28-14-17-13-18(29-23-17)16-7-5-4-6-8-16/h4-13H,14H2,1-3H3/b10-9+. The molecule has 0 spiro atoms. The topological polar surface area (TPSA) is 80.0 Å². The Labute approximate surface area is 168 Å². The molecule has 1 heterocycles. The first-order valence-electron chi connectivity index (χ1n) is 8.80. The van der Waals surface area contributed by atoms with Crippen LogP contribution in [0.5, 0.6) is 17.2 Å². The molecule has 29 heavy (non-hydrogen) atoms. The van der Waals surface area contributed by atoms with Crippen molar-refractivity contribution in [2.75, 3.05) is 21.3 Å². The Bertz CT molecular complexity index is 969. The Kier molecular flexibility index (Phi) is 6.52. The third-order valence-corrected chi connectivity index (χ3v) is 4.08. The molecule has 0 atom stereocenters. The van der Waals surface area contributed by atoms with Crippen molar-refractivity contribution in [3.8, 4) is 28.6 Å². The van der Waals surface area contributed by atoms with Gasteiger partial charge in [0.05, 0.1) is 21.3 Å². The van der Waals surface area contributed by atoms with Crippen molar-refractivity contribution in [2.45, 2.75) is 6.61 Å². The summed E-state index contributed by atoms with van der Waals surface area (Å²) >= 11 is 0. The minimum atomic E-state index is -0.511. The number of rotatable bonds is 8. The van der Waals surface area contributed by atoms with Gasteiger partial charge in [-0.15, -0.1) is 0 Å². The second-order valence-electron chi connectivity index (χ2n) is 5.95. The Balaban J connectivity index is 1.62. The Hall–Kier alpha value is -3.74. The molecule has 1 aromatic heterocycles. The molecule has 0 radical (unpaired) electrons. The van der Waals surface area contributed by atoms with Gasteiger partial charge in [-0.1, -0.05) is 35.5 Å². The summed E-state index contributed by atoms with van der Waals surface area (Å²) in [4.78, 5) is 12.0. The lowest BCUT2D eigenvalue weighted by atomic mass is 10.1. The molecule has 7 nitrogen and oxygen atoms in total. The van der Waals surface area contributed by atoms with Crippen LogP contribution in [0.15, 0.2) is 59.1 Å². The van der Waals surface area contributed by atoms with E-state index in [0.717, 1.165) is 5.56 Å². The van der Waals surface area contributed by atoms with Gasteiger partial charge in [0.25, 0.3) is 0 Å². The van der Waals surface area contributed by atoms with Crippen LogP contribution in [0.2, 0.25) is 0 Å². The van der Waals surface area contributed by atoms with E-state index >= 15 is 0 Å². The van der Waals surface area contributed by atoms with Gasteiger partial charge < -0.3 is 23.5 Å². The van der Waals surface area contributed by atoms with Crippen molar-refractivity contribution in [3.63, 3.8) is 0 Å². The van der Waals surface area contributed by atoms with Gasteiger partial charge in [0.2, 0.25) is 5.75 Å². The summed E-state index contributed by atoms with van der Waals surface area (Å²) in [6, 6.07) is 14.8. The van der Waals surface area contributed by atoms with Crippen molar-refractivity contribution >= 4 is 12.0 Å². The normalized spacial score (nSPS) is 10.7. The molecule has 0 bridgehead atoms. The van der Waals surface area contributed by atoms with E-state index in [1.807, 2.05) is 30.3 Å². The number of ether oxygens (including phenoxy) is 4. The van der Waals surface area contributed by atoms with E-state index in [2.05, 4.69) is 5.16 Å². The van der Waals surface area contributed by atoms with E-state index < -0.39 is 5.97 Å². The van der Waals surface area contributed by atoms with Gasteiger partial charge in [0.1, 0.15) is 12.3 Å². The maximum Gasteiger partial charge on any atom is 0.331 e. The quantitative estimate of drug-likeness (QED) is 0.419. The molecule has 0 fully saturated rings. The zero-order valence-corrected chi connectivity index (χ0v) is 16.4. The molecule has 3 aromatic rings. The third-order valence-electron chi connectivity index (χ3n) is 4.08. The predicted molar refractivity (Wildman–Crippen MR) is 107 cm³/mol. The first kappa shape index (κ1) is 20.0. The number of carbonyl (C=O) groups excluding carboxylic acids is 1. The van der Waals surface area contributed by atoms with E-state index in [9.17, 15) is 4.79 Å². The molecule has 0 amide bonds. The molecule has 0 saturated carbocycles. The van der Waals surface area contributed by atoms with Crippen molar-refractivity contribution in [1.29, 1.82) is 0 Å². The van der Waals surface area contributed by atoms with Crippen LogP contribution < -0.4 is 14.2 Å². The lowest BCUT2D eigenvalue weighted by Crippen LogP contribution is -2.01. The molecule has 0 saturated heterocycles. The highest BCUT2D eigenvalue weighted by Gasteiger charge is 2.12. The van der Waals surface area contributed by atoms with Crippen LogP contribution in [0.25, 0.3) is 17.4 Å². The van der Waals surface area contributed by atoms with Crippen LogP contribution in [0.1, 0.15) is 11.3 Å². The fourth-order valence-corrected chi connectivity index (χ4v) is 2.67. The van der Waals surface area contributed by atoms with Crippen LogP contribution in [0.3, 0.4) is 0 Å². The highest BCUT2D eigenvalue weighted by atomic mass is 16.5. The first-order valence-corrected chi connectivity index (χ1v) is 8.80. The second-order valence-corrected chi connectivity index (χ2v) is 5.95. The van der Waals surface area contributed by atoms with Crippen molar-refractivity contribution in [3.05, 3.63) is 65.9 Å². The summed E-state index contributed by atoms with van der Waals surface area (Å²) in [6.07, 6.45) is 2.92. The predicted octanol–water partition coefficient (Wildman–Crippen LogP) is 4.12. The molecule has 0 unspecified atom stereocenters. The number of aromatic nitrogens is 1. The van der Waals surface area contributed by atoms with E-state index in [4.69, 9.17) is 23.5 Å². The molecule has 2 aromatic carbocycles. The number of methoxy groups -OCH3 is 3. The minimum absolute atomic E-state index is 0.00869. The first-order chi connectivity index (χ1) is 14.1. The lowest BCUT2D eigenvalue weighted by Gasteiger charge is -2.12. The summed E-state index contributed by atoms with van der Waals surface area (Å²) in [7, 11) is 4.59. The van der Waals surface area contributed by atoms with Crippen LogP contribution in [-0.4, -0.2) is 32.5 Å². The molecule has 0 aliphatic heterocycles. The molecular weight excluding hydrogens is 374 g/mol. The summed E-state index contributed by atoms with van der Waals surface area (Å²) in [6.45, 7) is 0.00869. The van der Waals surface area contributed by atoms with Crippen LogP contribution in [0, 0.1) is 0 Å². The SMILES string of the molecule is COc1cc(/C=C/C(=O)OCc2cc(-c3ccccc3)on2)cc(OC)c1OC. The Morgan fingerprint density at radius 2 is 1.69 bits per heavy atom. The summed E-state index contributed by atoms with van der Waals surface area (Å²) in [5, 5.41) is 3.92. The molecular formula is C22H21NO6. The molecule has 3 rings (SSSR count). The van der Waals surface area contributed by atoms with Crippen molar-refractivity contribution in [1.82, 2.24) is 5.16 Å². The van der Waals surface area contributed by atoms with Gasteiger partial charge in [-0.3, -0.25) is 0 Å². The van der Waals surface area contributed by atoms with Gasteiger partial charge in [-0.05, 0) is 23.8 Å². The summed E-state index contributed by atoms with van der Waals surface area (Å²) < 4.78 is 26.4. The fraction of sp³-hybridized carbons (Fsp3) is 0.182. The second kappa shape index (κ2) is 9.45. The van der Waals surface area contributed by atoms with E-state index in [1.165, 1.54) is 27.4 Å². The molecule has 0 aliphatic rings. The lowest BCUT2D eigenvalue weighted by molar-refractivity contribution is -0.139. The Morgan fingerprint density at radius 1 is 1.00 bits per heavy atom. The largest absolute Gasteiger partial charge is 0.493 e. The summed E-state index contributed by atoms with van der Waals surface area (Å²) in [5.41, 5.74) is 2.13. The third kappa shape index (κ3) is 4.95. The van der Waals surface area contributed by atoms with Gasteiger partial charge in [-0.25, -0.2) is 4.79 Å². The number of esters is 1. The van der Waals surface area contributed by atoms with Gasteiger partial charge in [0, 0.05) is 17.7 Å². The Morgan fingerprint density at radius 3 is 2.31 bits per heavy atom. The number of carbonyl (C=O) groups is 1. The number of nitrogens with zero attached hydrogens (tertiary/aromatic N) is 1. The average molecular weight is 395 g/mol. The number of benzene rings is 2. The zero-order valence-electron chi connectivity index (χ0n) is 16.4. The minimum Gasteiger partial charge on any atom is -0.493 e. The highest BCUT2D eigenvalue weighted by molar-refractivity contribution is 5.87. The molecule has 0 aliphatic carbocycles. The number of hydrogen-bond donors (Lipinski definition) is 0. The van der Waals surface area contributed by atoms with E-state index in [0.29, 0.717) is 34.3 Å². The smallest absolute Gasteiger partial charge is 0.331 e. The highest BCUT2D eigenvalue weighted by Crippen LogP contribution is 2.38. The van der Waals surface area contributed by atoms with E-state index in [-0.39, 0.29) is 6.61 Å².